The van der Waals surface area contributed by atoms with Gasteiger partial charge in [-0.3, -0.25) is 0 Å². The Bertz CT molecular complexity index is 625. The smallest absolute Gasteiger partial charge is 0.352 e. The van der Waals surface area contributed by atoms with Crippen LogP contribution in [0.3, 0.4) is 0 Å². The van der Waals surface area contributed by atoms with Gasteiger partial charge in [0.15, 0.2) is 10.8 Å². The third kappa shape index (κ3) is 1.52. The molecule has 0 aromatic heterocycles. The highest BCUT2D eigenvalue weighted by Crippen LogP contribution is 2.52. The molecule has 1 aromatic rings. The predicted octanol–water partition coefficient (Wildman–Crippen LogP) is 2.55. The summed E-state index contributed by atoms with van der Waals surface area (Å²) >= 11 is 12.3. The first-order valence-corrected chi connectivity index (χ1v) is 6.42. The SMILES string of the molecule is N#C[C@H]1C[C@]2(c3ccccc3)OC(=O)[C@@]1(Cl)N=C2Cl. The normalized spacial score (nSPS) is 36.4. The summed E-state index contributed by atoms with van der Waals surface area (Å²) in [4.78, 5) is 14.3. The van der Waals surface area contributed by atoms with Gasteiger partial charge in [-0.05, 0) is 0 Å². The zero-order chi connectivity index (χ0) is 13.7. The second-order valence-electron chi connectivity index (χ2n) is 4.54. The van der Waals surface area contributed by atoms with E-state index in [1.807, 2.05) is 12.1 Å². The van der Waals surface area contributed by atoms with Crippen LogP contribution in [0.2, 0.25) is 0 Å². The molecule has 96 valence electrons. The minimum Gasteiger partial charge on any atom is -0.444 e. The second-order valence-corrected chi connectivity index (χ2v) is 5.48. The van der Waals surface area contributed by atoms with E-state index in [1.165, 1.54) is 0 Å². The van der Waals surface area contributed by atoms with Crippen LogP contribution >= 0.6 is 23.2 Å². The van der Waals surface area contributed by atoms with Gasteiger partial charge in [0.25, 0.3) is 0 Å². The molecule has 0 radical (unpaired) electrons. The predicted molar refractivity (Wildman–Crippen MR) is 69.8 cm³/mol. The minimum absolute atomic E-state index is 0.111. The van der Waals surface area contributed by atoms with Crippen LogP contribution in [-0.4, -0.2) is 16.1 Å². The Morgan fingerprint density at radius 2 is 2.11 bits per heavy atom. The number of fused-ring (bicyclic) bond motifs is 2. The van der Waals surface area contributed by atoms with Crippen LogP contribution in [-0.2, 0) is 15.1 Å². The number of nitriles is 1. The van der Waals surface area contributed by atoms with Gasteiger partial charge in [0.05, 0.1) is 6.07 Å². The lowest BCUT2D eigenvalue weighted by molar-refractivity contribution is -0.170. The summed E-state index contributed by atoms with van der Waals surface area (Å²) in [5.41, 5.74) is -0.493. The van der Waals surface area contributed by atoms with Crippen molar-refractivity contribution in [3.8, 4) is 6.07 Å². The monoisotopic (exact) mass is 294 g/mol. The standard InChI is InChI=1S/C13H8Cl2N2O2/c14-10-12(8-4-2-1-3-5-8)6-9(7-16)13(15,17-10)11(18)19-12/h1-5,9H,6H2/t9-,12-,13+/m1/s1. The number of esters is 1. The molecule has 4 nitrogen and oxygen atoms in total. The minimum atomic E-state index is -1.71. The Kier molecular flexibility index (Phi) is 2.60. The summed E-state index contributed by atoms with van der Waals surface area (Å²) in [7, 11) is 0. The molecule has 2 bridgehead atoms. The van der Waals surface area contributed by atoms with Crippen molar-refractivity contribution in [3.05, 3.63) is 35.9 Å². The van der Waals surface area contributed by atoms with Gasteiger partial charge >= 0.3 is 5.97 Å². The van der Waals surface area contributed by atoms with E-state index in [9.17, 15) is 10.1 Å². The maximum absolute atomic E-state index is 12.0. The van der Waals surface area contributed by atoms with Crippen molar-refractivity contribution in [2.24, 2.45) is 10.9 Å². The van der Waals surface area contributed by atoms with E-state index in [0.717, 1.165) is 0 Å². The van der Waals surface area contributed by atoms with Crippen LogP contribution in [0.15, 0.2) is 35.3 Å². The van der Waals surface area contributed by atoms with E-state index in [4.69, 9.17) is 27.9 Å². The van der Waals surface area contributed by atoms with Crippen molar-refractivity contribution in [2.75, 3.05) is 0 Å². The summed E-state index contributed by atoms with van der Waals surface area (Å²) in [6.45, 7) is 0. The van der Waals surface area contributed by atoms with E-state index >= 15 is 0 Å². The van der Waals surface area contributed by atoms with Gasteiger partial charge < -0.3 is 4.74 Å². The molecule has 4 rings (SSSR count). The van der Waals surface area contributed by atoms with Gasteiger partial charge in [0, 0.05) is 12.0 Å². The van der Waals surface area contributed by atoms with Crippen LogP contribution < -0.4 is 0 Å². The Balaban J connectivity index is 2.21. The first-order chi connectivity index (χ1) is 9.03. The number of hydrogen-bond acceptors (Lipinski definition) is 4. The summed E-state index contributed by atoms with van der Waals surface area (Å²) in [5.74, 6) is -1.49. The lowest BCUT2D eigenvalue weighted by Crippen LogP contribution is -2.60. The molecular formula is C13H8Cl2N2O2. The summed E-state index contributed by atoms with van der Waals surface area (Å²) in [6.07, 6.45) is 0.213. The highest BCUT2D eigenvalue weighted by atomic mass is 35.5. The zero-order valence-electron chi connectivity index (χ0n) is 9.64. The van der Waals surface area contributed by atoms with Gasteiger partial charge in [-0.2, -0.15) is 5.26 Å². The number of carbonyl (C=O) groups is 1. The van der Waals surface area contributed by atoms with Crippen LogP contribution in [0, 0.1) is 17.2 Å². The van der Waals surface area contributed by atoms with Crippen molar-refractivity contribution in [1.82, 2.24) is 0 Å². The fourth-order valence-electron chi connectivity index (χ4n) is 2.45. The molecule has 6 heteroatoms. The summed E-state index contributed by atoms with van der Waals surface area (Å²) < 4.78 is 5.42. The summed E-state index contributed by atoms with van der Waals surface area (Å²) in [6, 6.07) is 11.0. The highest BCUT2D eigenvalue weighted by molar-refractivity contribution is 6.68. The Hall–Kier alpha value is -1.57. The number of halogens is 2. The molecule has 3 heterocycles. The van der Waals surface area contributed by atoms with Crippen LogP contribution in [0.5, 0.6) is 0 Å². The first-order valence-electron chi connectivity index (χ1n) is 5.66. The molecule has 1 aromatic carbocycles. The van der Waals surface area contributed by atoms with E-state index in [1.54, 1.807) is 24.3 Å². The van der Waals surface area contributed by atoms with Crippen LogP contribution in [0.25, 0.3) is 0 Å². The number of nitrogens with zero attached hydrogens (tertiary/aromatic N) is 2. The quantitative estimate of drug-likeness (QED) is 0.454. The molecule has 19 heavy (non-hydrogen) atoms. The van der Waals surface area contributed by atoms with E-state index in [0.29, 0.717) is 5.56 Å². The fourth-order valence-corrected chi connectivity index (χ4v) is 3.10. The number of ether oxygens (including phenoxy) is 1. The second kappa shape index (κ2) is 3.96. The molecule has 3 atom stereocenters. The maximum Gasteiger partial charge on any atom is 0.352 e. The molecule has 3 aliphatic rings. The van der Waals surface area contributed by atoms with Crippen LogP contribution in [0.1, 0.15) is 12.0 Å². The van der Waals surface area contributed by atoms with Crippen molar-refractivity contribution in [1.29, 1.82) is 5.26 Å². The van der Waals surface area contributed by atoms with Crippen molar-refractivity contribution in [2.45, 2.75) is 17.0 Å². The Morgan fingerprint density at radius 3 is 2.74 bits per heavy atom. The van der Waals surface area contributed by atoms with Gasteiger partial charge in [-0.25, -0.2) is 9.79 Å². The fraction of sp³-hybridized carbons (Fsp3) is 0.308. The Morgan fingerprint density at radius 1 is 1.42 bits per heavy atom. The molecule has 1 fully saturated rings. The molecular weight excluding hydrogens is 287 g/mol. The molecule has 3 aliphatic heterocycles. The van der Waals surface area contributed by atoms with Crippen molar-refractivity contribution < 1.29 is 9.53 Å². The van der Waals surface area contributed by atoms with E-state index in [2.05, 4.69) is 4.99 Å². The van der Waals surface area contributed by atoms with E-state index in [-0.39, 0.29) is 11.6 Å². The zero-order valence-corrected chi connectivity index (χ0v) is 11.1. The lowest BCUT2D eigenvalue weighted by atomic mass is 9.77. The molecule has 0 N–H and O–H groups in total. The van der Waals surface area contributed by atoms with E-state index < -0.39 is 22.5 Å². The van der Waals surface area contributed by atoms with Gasteiger partial charge in [-0.15, -0.1) is 0 Å². The third-order valence-corrected chi connectivity index (χ3v) is 4.39. The number of carbonyl (C=O) groups excluding carboxylic acids is 1. The number of alkyl halides is 1. The number of aliphatic imine (C=N–C) groups is 1. The molecule has 0 saturated carbocycles. The number of rotatable bonds is 1. The molecule has 0 spiro atoms. The van der Waals surface area contributed by atoms with Gasteiger partial charge in [0.1, 0.15) is 5.92 Å². The van der Waals surface area contributed by atoms with Crippen LogP contribution in [0.4, 0.5) is 0 Å². The largest absolute Gasteiger partial charge is 0.444 e. The van der Waals surface area contributed by atoms with Gasteiger partial charge in [0.2, 0.25) is 5.00 Å². The van der Waals surface area contributed by atoms with Crippen molar-refractivity contribution in [3.63, 3.8) is 0 Å². The third-order valence-electron chi connectivity index (χ3n) is 3.50. The first kappa shape index (κ1) is 12.5. The average molecular weight is 295 g/mol. The lowest BCUT2D eigenvalue weighted by Gasteiger charge is -2.47. The molecule has 0 amide bonds. The number of hydrogen-bond donors (Lipinski definition) is 0. The highest BCUT2D eigenvalue weighted by Gasteiger charge is 2.64. The summed E-state index contributed by atoms with van der Waals surface area (Å²) in [5, 5.41) is 9.30. The topological polar surface area (TPSA) is 62.4 Å². The maximum atomic E-state index is 12.0. The Labute approximate surface area is 119 Å². The molecule has 0 unspecified atom stereocenters. The average Bonchev–Trinajstić information content (AvgIpc) is 2.41. The molecule has 1 saturated heterocycles. The van der Waals surface area contributed by atoms with Crippen molar-refractivity contribution >= 4 is 34.3 Å². The molecule has 0 aliphatic carbocycles. The van der Waals surface area contributed by atoms with Gasteiger partial charge in [-0.1, -0.05) is 53.5 Å². The number of benzene rings is 1.